The summed E-state index contributed by atoms with van der Waals surface area (Å²) in [6.07, 6.45) is 1.54. The number of amides is 4. The van der Waals surface area contributed by atoms with Gasteiger partial charge in [-0.15, -0.1) is 0 Å². The minimum Gasteiger partial charge on any atom is -0.488 e. The van der Waals surface area contributed by atoms with E-state index < -0.39 is 36.5 Å². The van der Waals surface area contributed by atoms with Crippen LogP contribution in [0.4, 0.5) is 9.59 Å². The molecule has 62 heavy (non-hydrogen) atoms. The normalized spacial score (nSPS) is 21.5. The molecule has 8 rings (SSSR count). The van der Waals surface area contributed by atoms with Gasteiger partial charge in [0.25, 0.3) is 0 Å². The Kier molecular flexibility index (Phi) is 11.6. The minimum atomic E-state index is -1.20. The maximum absolute atomic E-state index is 14.1. The van der Waals surface area contributed by atoms with E-state index in [1.165, 1.54) is 28.4 Å². The summed E-state index contributed by atoms with van der Waals surface area (Å²) in [5, 5.41) is 14.4. The highest BCUT2D eigenvalue weighted by Crippen LogP contribution is 2.44. The van der Waals surface area contributed by atoms with Crippen molar-refractivity contribution in [3.63, 3.8) is 0 Å². The van der Waals surface area contributed by atoms with E-state index in [1.54, 1.807) is 29.8 Å². The van der Waals surface area contributed by atoms with Gasteiger partial charge in [-0.3, -0.25) is 14.5 Å². The smallest absolute Gasteiger partial charge is 0.407 e. The van der Waals surface area contributed by atoms with Crippen molar-refractivity contribution >= 4 is 45.8 Å². The lowest BCUT2D eigenvalue weighted by molar-refractivity contribution is -0.143. The maximum Gasteiger partial charge on any atom is 0.407 e. The van der Waals surface area contributed by atoms with Gasteiger partial charge in [-0.25, -0.2) is 19.6 Å². The topological polar surface area (TPSA) is 205 Å². The van der Waals surface area contributed by atoms with Gasteiger partial charge in [0.15, 0.2) is 0 Å². The summed E-state index contributed by atoms with van der Waals surface area (Å²) in [5.74, 6) is 1.47. The molecule has 17 nitrogen and oxygen atoms in total. The summed E-state index contributed by atoms with van der Waals surface area (Å²) >= 11 is 0. The Morgan fingerprint density at radius 3 is 2.24 bits per heavy atom. The van der Waals surface area contributed by atoms with Crippen LogP contribution >= 0.6 is 0 Å². The number of aromatic nitrogens is 4. The number of likely N-dealkylation sites (N-methyl/N-ethyl adjacent to an activating group) is 1. The number of carbonyl (C=O) groups excluding carboxylic acids is 3. The average molecular weight is 851 g/mol. The van der Waals surface area contributed by atoms with Gasteiger partial charge in [-0.05, 0) is 99.7 Å². The number of methoxy groups -OCH3 is 3. The van der Waals surface area contributed by atoms with Crippen LogP contribution in [0, 0.1) is 0 Å². The van der Waals surface area contributed by atoms with Gasteiger partial charge in [0.05, 0.1) is 54.3 Å². The Balaban J connectivity index is 1.05. The van der Waals surface area contributed by atoms with Crippen molar-refractivity contribution in [2.45, 2.75) is 108 Å². The molecule has 17 heteroatoms. The number of H-pyrrole nitrogens is 2. The number of carboxylic acid groups (broad SMARTS) is 1. The molecule has 0 saturated carbocycles. The molecule has 0 aliphatic carbocycles. The van der Waals surface area contributed by atoms with Crippen molar-refractivity contribution in [3.05, 3.63) is 65.9 Å². The van der Waals surface area contributed by atoms with Crippen LogP contribution < -0.4 is 10.1 Å². The summed E-state index contributed by atoms with van der Waals surface area (Å²) in [6.45, 7) is 7.76. The standard InChI is InChI=1S/C45H54N8O9/c1-22-9-15-34(52(22)42(54)37(24(3)59-6)50-44(56)61-8)40-46-20-33(48-40)27-11-13-29-28(17-27)21-62-36-19-30-26(18-31(29)36)12-14-32-38(30)49-41(47-32)35-16-10-23(2)53(35)43(55)39(25(4)60-7)51(5)45(57)58/h11-14,17-20,22-25,34-35,37,39H,9-10,15-16,21H2,1-8H3,(H,46,48)(H,47,49)(H,50,56)(H,57,58)/t22-,23-,24?,25+,34-,35-,37-,39-/m0/s1. The third kappa shape index (κ3) is 7.46. The minimum absolute atomic E-state index is 0.0783. The molecule has 5 aromatic rings. The van der Waals surface area contributed by atoms with Crippen molar-refractivity contribution in [2.24, 2.45) is 0 Å². The summed E-state index contributed by atoms with van der Waals surface area (Å²) in [7, 11) is 5.62. The van der Waals surface area contributed by atoms with E-state index in [2.05, 4.69) is 39.6 Å². The molecule has 328 valence electrons. The van der Waals surface area contributed by atoms with E-state index in [0.717, 1.165) is 73.2 Å². The van der Waals surface area contributed by atoms with E-state index >= 15 is 0 Å². The fourth-order valence-corrected chi connectivity index (χ4v) is 9.48. The van der Waals surface area contributed by atoms with Crippen molar-refractivity contribution in [3.8, 4) is 28.1 Å². The van der Waals surface area contributed by atoms with Gasteiger partial charge in [-0.1, -0.05) is 18.2 Å². The molecule has 5 heterocycles. The molecular formula is C45H54N8O9. The van der Waals surface area contributed by atoms with Crippen molar-refractivity contribution in [1.29, 1.82) is 0 Å². The quantitative estimate of drug-likeness (QED) is 0.112. The average Bonchev–Trinajstić information content (AvgIpc) is 4.09. The van der Waals surface area contributed by atoms with Crippen molar-refractivity contribution in [1.82, 2.24) is 40.0 Å². The summed E-state index contributed by atoms with van der Waals surface area (Å²) < 4.78 is 22.1. The van der Waals surface area contributed by atoms with E-state index in [4.69, 9.17) is 28.9 Å². The molecule has 2 saturated heterocycles. The number of hydrogen-bond acceptors (Lipinski definition) is 10. The number of benzene rings is 3. The monoisotopic (exact) mass is 850 g/mol. The molecule has 2 aromatic heterocycles. The lowest BCUT2D eigenvalue weighted by Crippen LogP contribution is -2.55. The first kappa shape index (κ1) is 42.5. The summed E-state index contributed by atoms with van der Waals surface area (Å²) in [5.41, 5.74) is 6.35. The molecule has 0 bridgehead atoms. The molecule has 4 N–H and O–H groups in total. The van der Waals surface area contributed by atoms with E-state index in [0.29, 0.717) is 31.1 Å². The van der Waals surface area contributed by atoms with Crippen LogP contribution in [-0.4, -0.2) is 128 Å². The summed E-state index contributed by atoms with van der Waals surface area (Å²) in [6, 6.07) is 11.6. The third-order valence-corrected chi connectivity index (χ3v) is 13.1. The third-order valence-electron chi connectivity index (χ3n) is 13.1. The molecule has 3 aliphatic heterocycles. The molecule has 2 fully saturated rings. The number of aromatic amines is 2. The van der Waals surface area contributed by atoms with Crippen LogP contribution in [0.15, 0.2) is 48.7 Å². The first-order valence-corrected chi connectivity index (χ1v) is 21.0. The van der Waals surface area contributed by atoms with Gasteiger partial charge < -0.3 is 49.1 Å². The lowest BCUT2D eigenvalue weighted by atomic mass is 9.92. The van der Waals surface area contributed by atoms with Gasteiger partial charge in [0, 0.05) is 44.3 Å². The number of rotatable bonds is 11. The lowest BCUT2D eigenvalue weighted by Gasteiger charge is -2.36. The number of carbonyl (C=O) groups is 4. The predicted octanol–water partition coefficient (Wildman–Crippen LogP) is 6.54. The Hall–Kier alpha value is -6.20. The zero-order chi connectivity index (χ0) is 44.1. The highest BCUT2D eigenvalue weighted by Gasteiger charge is 2.45. The molecule has 4 amide bonds. The molecule has 3 aromatic carbocycles. The number of fused-ring (bicyclic) bond motifs is 6. The fraction of sp³-hybridized carbons (Fsp3) is 0.467. The number of ether oxygens (including phenoxy) is 4. The van der Waals surface area contributed by atoms with Gasteiger partial charge in [0.2, 0.25) is 11.8 Å². The number of likely N-dealkylation sites (tertiary alicyclic amines) is 2. The Bertz CT molecular complexity index is 2540. The van der Waals surface area contributed by atoms with Crippen LogP contribution in [0.2, 0.25) is 0 Å². The summed E-state index contributed by atoms with van der Waals surface area (Å²) in [4.78, 5) is 73.5. The maximum atomic E-state index is 14.1. The Labute approximate surface area is 359 Å². The Morgan fingerprint density at radius 1 is 0.871 bits per heavy atom. The highest BCUT2D eigenvalue weighted by atomic mass is 16.5. The van der Waals surface area contributed by atoms with Crippen LogP contribution in [0.3, 0.4) is 0 Å². The van der Waals surface area contributed by atoms with E-state index in [-0.39, 0.29) is 36.0 Å². The predicted molar refractivity (Wildman–Crippen MR) is 229 cm³/mol. The molecule has 1 unspecified atom stereocenters. The highest BCUT2D eigenvalue weighted by molar-refractivity contribution is 6.07. The Morgan fingerprint density at radius 2 is 1.56 bits per heavy atom. The van der Waals surface area contributed by atoms with E-state index in [9.17, 15) is 24.3 Å². The second kappa shape index (κ2) is 16.9. The molecule has 8 atom stereocenters. The second-order valence-electron chi connectivity index (χ2n) is 16.7. The zero-order valence-corrected chi connectivity index (χ0v) is 36.2. The largest absolute Gasteiger partial charge is 0.488 e. The SMILES string of the molecule is COC(=O)N[C@H](C(=O)N1[C@@H](C)CC[C@H]1c1ncc(-c2ccc3c(c2)COc2cc4c(ccc5nc([C@@H]6CC[C@H](C)N6C(=O)[C@H]([C@@H](C)OC)N(C)C(=O)O)[nH]c54)cc2-3)[nH]1)C(C)OC. The second-order valence-corrected chi connectivity index (χ2v) is 16.7. The van der Waals surface area contributed by atoms with Crippen LogP contribution in [0.25, 0.3) is 44.2 Å². The van der Waals surface area contributed by atoms with Crippen molar-refractivity contribution < 1.29 is 43.2 Å². The van der Waals surface area contributed by atoms with Gasteiger partial charge in [0.1, 0.15) is 36.1 Å². The van der Waals surface area contributed by atoms with Crippen LogP contribution in [-0.2, 0) is 30.4 Å². The number of hydrogen-bond donors (Lipinski definition) is 4. The number of alkyl carbamates (subject to hydrolysis) is 1. The first-order valence-electron chi connectivity index (χ1n) is 21.0. The van der Waals surface area contributed by atoms with Crippen LogP contribution in [0.5, 0.6) is 5.75 Å². The molecule has 0 radical (unpaired) electrons. The number of imidazole rings is 2. The van der Waals surface area contributed by atoms with Gasteiger partial charge >= 0.3 is 12.2 Å². The molecule has 3 aliphatic rings. The number of nitrogens with one attached hydrogen (secondary N) is 3. The van der Waals surface area contributed by atoms with Crippen molar-refractivity contribution in [2.75, 3.05) is 28.4 Å². The van der Waals surface area contributed by atoms with Crippen LogP contribution in [0.1, 0.15) is 82.7 Å². The van der Waals surface area contributed by atoms with E-state index in [1.807, 2.05) is 32.0 Å². The molecular weight excluding hydrogens is 797 g/mol. The number of nitrogens with zero attached hydrogens (tertiary/aromatic N) is 5. The zero-order valence-electron chi connectivity index (χ0n) is 36.2. The fourth-order valence-electron chi connectivity index (χ4n) is 9.48. The first-order chi connectivity index (χ1) is 29.7. The molecule has 0 spiro atoms. The van der Waals surface area contributed by atoms with Gasteiger partial charge in [-0.2, -0.15) is 0 Å².